The number of imidazole rings is 1. The van der Waals surface area contributed by atoms with E-state index in [4.69, 9.17) is 10.5 Å². The molecule has 1 aliphatic rings. The fourth-order valence-electron chi connectivity index (χ4n) is 2.87. The minimum atomic E-state index is -0.0785. The summed E-state index contributed by atoms with van der Waals surface area (Å²) in [5.74, 6) is 0.587. The topological polar surface area (TPSA) is 53.1 Å². The normalized spacial score (nSPS) is 24.6. The van der Waals surface area contributed by atoms with Crippen LogP contribution in [-0.4, -0.2) is 22.8 Å². The molecule has 1 saturated heterocycles. The second-order valence-electron chi connectivity index (χ2n) is 5.45. The summed E-state index contributed by atoms with van der Waals surface area (Å²) < 4.78 is 7.79. The third kappa shape index (κ3) is 1.68. The summed E-state index contributed by atoms with van der Waals surface area (Å²) in [4.78, 5) is 4.46. The summed E-state index contributed by atoms with van der Waals surface area (Å²) in [5.41, 5.74) is 9.34. The molecule has 0 bridgehead atoms. The quantitative estimate of drug-likeness (QED) is 0.839. The molecule has 1 atom stereocenters. The van der Waals surface area contributed by atoms with Gasteiger partial charge in [0, 0.05) is 6.61 Å². The van der Waals surface area contributed by atoms with Crippen molar-refractivity contribution in [2.24, 2.45) is 0 Å². The lowest BCUT2D eigenvalue weighted by Crippen LogP contribution is -2.39. The highest BCUT2D eigenvalue weighted by Gasteiger charge is 2.32. The Morgan fingerprint density at radius 3 is 3.00 bits per heavy atom. The summed E-state index contributed by atoms with van der Waals surface area (Å²) in [6.07, 6.45) is 2.15. The van der Waals surface area contributed by atoms with Crippen molar-refractivity contribution in [3.05, 3.63) is 23.8 Å². The van der Waals surface area contributed by atoms with Crippen molar-refractivity contribution in [3.63, 3.8) is 0 Å². The number of benzene rings is 1. The number of rotatable bonds is 1. The number of hydrogen-bond donors (Lipinski definition) is 1. The van der Waals surface area contributed by atoms with Gasteiger partial charge in [-0.15, -0.1) is 0 Å². The van der Waals surface area contributed by atoms with E-state index >= 15 is 0 Å². The molecule has 0 aliphatic carbocycles. The Balaban J connectivity index is 2.20. The minimum Gasteiger partial charge on any atom is -0.379 e. The lowest BCUT2D eigenvalue weighted by Gasteiger charge is -2.36. The van der Waals surface area contributed by atoms with Crippen molar-refractivity contribution in [1.82, 2.24) is 9.55 Å². The molecule has 1 aliphatic heterocycles. The first-order chi connectivity index (χ1) is 8.60. The molecule has 18 heavy (non-hydrogen) atoms. The third-order valence-electron chi connectivity index (χ3n) is 3.79. The van der Waals surface area contributed by atoms with Gasteiger partial charge < -0.3 is 15.0 Å². The Morgan fingerprint density at radius 1 is 1.44 bits per heavy atom. The van der Waals surface area contributed by atoms with Gasteiger partial charge in [-0.25, -0.2) is 4.98 Å². The standard InChI is InChI=1S/C14H19N3O/c1-10-4-5-11-12(8-10)17(13(15)16-11)14(2)6-3-7-18-9-14/h4-5,8H,3,6-7,9H2,1-2H3,(H2,15,16). The van der Waals surface area contributed by atoms with E-state index in [-0.39, 0.29) is 5.54 Å². The molecule has 1 fully saturated rings. The molecule has 2 N–H and O–H groups in total. The van der Waals surface area contributed by atoms with Gasteiger partial charge in [0.25, 0.3) is 0 Å². The Bertz CT molecular complexity index is 582. The molecule has 4 heteroatoms. The number of hydrogen-bond acceptors (Lipinski definition) is 3. The van der Waals surface area contributed by atoms with E-state index in [1.54, 1.807) is 0 Å². The van der Waals surface area contributed by atoms with Crippen molar-refractivity contribution in [1.29, 1.82) is 0 Å². The predicted octanol–water partition coefficient (Wildman–Crippen LogP) is 2.45. The van der Waals surface area contributed by atoms with Gasteiger partial charge >= 0.3 is 0 Å². The van der Waals surface area contributed by atoms with Gasteiger partial charge in [-0.3, -0.25) is 0 Å². The number of anilines is 1. The van der Waals surface area contributed by atoms with Gasteiger partial charge in [0.1, 0.15) is 0 Å². The van der Waals surface area contributed by atoms with Crippen molar-refractivity contribution in [3.8, 4) is 0 Å². The SMILES string of the molecule is Cc1ccc2nc(N)n(C3(C)CCCOC3)c2c1. The van der Waals surface area contributed by atoms with Crippen LogP contribution in [0.1, 0.15) is 25.3 Å². The number of nitrogens with zero attached hydrogens (tertiary/aromatic N) is 2. The van der Waals surface area contributed by atoms with E-state index in [1.807, 2.05) is 6.07 Å². The van der Waals surface area contributed by atoms with Gasteiger partial charge in [-0.2, -0.15) is 0 Å². The Morgan fingerprint density at radius 2 is 2.28 bits per heavy atom. The number of aryl methyl sites for hydroxylation is 1. The molecule has 2 aromatic rings. The fraction of sp³-hybridized carbons (Fsp3) is 0.500. The average Bonchev–Trinajstić information content (AvgIpc) is 2.66. The van der Waals surface area contributed by atoms with Crippen LogP contribution in [-0.2, 0) is 10.3 Å². The molecule has 0 saturated carbocycles. The molecule has 96 valence electrons. The largest absolute Gasteiger partial charge is 0.379 e. The van der Waals surface area contributed by atoms with Crippen molar-refractivity contribution in [2.75, 3.05) is 18.9 Å². The first kappa shape index (κ1) is 11.5. The van der Waals surface area contributed by atoms with Crippen molar-refractivity contribution < 1.29 is 4.74 Å². The molecular weight excluding hydrogens is 226 g/mol. The van der Waals surface area contributed by atoms with E-state index in [1.165, 1.54) is 5.56 Å². The number of fused-ring (bicyclic) bond motifs is 1. The van der Waals surface area contributed by atoms with Crippen LogP contribution in [0, 0.1) is 6.92 Å². The zero-order valence-electron chi connectivity index (χ0n) is 10.9. The molecule has 3 rings (SSSR count). The first-order valence-corrected chi connectivity index (χ1v) is 6.43. The second-order valence-corrected chi connectivity index (χ2v) is 5.45. The van der Waals surface area contributed by atoms with E-state index in [2.05, 4.69) is 35.5 Å². The molecule has 0 radical (unpaired) electrons. The zero-order valence-corrected chi connectivity index (χ0v) is 10.9. The van der Waals surface area contributed by atoms with Gasteiger partial charge in [-0.05, 0) is 44.4 Å². The van der Waals surface area contributed by atoms with E-state index < -0.39 is 0 Å². The van der Waals surface area contributed by atoms with Crippen LogP contribution < -0.4 is 5.73 Å². The van der Waals surface area contributed by atoms with Crippen LogP contribution in [0.15, 0.2) is 18.2 Å². The summed E-state index contributed by atoms with van der Waals surface area (Å²) >= 11 is 0. The molecule has 0 amide bonds. The molecule has 1 aromatic heterocycles. The van der Waals surface area contributed by atoms with E-state index in [0.29, 0.717) is 12.6 Å². The van der Waals surface area contributed by atoms with Crippen LogP contribution >= 0.6 is 0 Å². The van der Waals surface area contributed by atoms with Gasteiger partial charge in [0.15, 0.2) is 0 Å². The Labute approximate surface area is 107 Å². The Kier molecular flexibility index (Phi) is 2.55. The number of ether oxygens (including phenoxy) is 1. The summed E-state index contributed by atoms with van der Waals surface area (Å²) in [7, 11) is 0. The van der Waals surface area contributed by atoms with Gasteiger partial charge in [0.05, 0.1) is 23.2 Å². The van der Waals surface area contributed by atoms with Crippen LogP contribution in [0.5, 0.6) is 0 Å². The van der Waals surface area contributed by atoms with Crippen LogP contribution in [0.3, 0.4) is 0 Å². The van der Waals surface area contributed by atoms with Gasteiger partial charge in [-0.1, -0.05) is 6.07 Å². The lowest BCUT2D eigenvalue weighted by molar-refractivity contribution is 0.0124. The predicted molar refractivity (Wildman–Crippen MR) is 72.6 cm³/mol. The molecule has 2 heterocycles. The van der Waals surface area contributed by atoms with Crippen LogP contribution in [0.2, 0.25) is 0 Å². The second kappa shape index (κ2) is 3.99. The average molecular weight is 245 g/mol. The number of nitrogens with two attached hydrogens (primary N) is 1. The molecular formula is C14H19N3O. The molecule has 1 unspecified atom stereocenters. The first-order valence-electron chi connectivity index (χ1n) is 6.43. The minimum absolute atomic E-state index is 0.0785. The summed E-state index contributed by atoms with van der Waals surface area (Å²) in [6.45, 7) is 5.84. The van der Waals surface area contributed by atoms with Crippen molar-refractivity contribution in [2.45, 2.75) is 32.2 Å². The zero-order chi connectivity index (χ0) is 12.8. The van der Waals surface area contributed by atoms with Crippen LogP contribution in [0.25, 0.3) is 11.0 Å². The van der Waals surface area contributed by atoms with Crippen molar-refractivity contribution >= 4 is 17.0 Å². The van der Waals surface area contributed by atoms with Crippen LogP contribution in [0.4, 0.5) is 5.95 Å². The number of nitrogen functional groups attached to an aromatic ring is 1. The lowest BCUT2D eigenvalue weighted by atomic mass is 9.94. The summed E-state index contributed by atoms with van der Waals surface area (Å²) in [6, 6.07) is 6.25. The molecule has 4 nitrogen and oxygen atoms in total. The highest BCUT2D eigenvalue weighted by Crippen LogP contribution is 2.33. The highest BCUT2D eigenvalue weighted by molar-refractivity contribution is 5.79. The molecule has 1 aromatic carbocycles. The Hall–Kier alpha value is -1.55. The maximum Gasteiger partial charge on any atom is 0.201 e. The smallest absolute Gasteiger partial charge is 0.201 e. The maximum atomic E-state index is 6.12. The highest BCUT2D eigenvalue weighted by atomic mass is 16.5. The monoisotopic (exact) mass is 245 g/mol. The maximum absolute atomic E-state index is 6.12. The van der Waals surface area contributed by atoms with E-state index in [9.17, 15) is 0 Å². The summed E-state index contributed by atoms with van der Waals surface area (Å²) in [5, 5.41) is 0. The third-order valence-corrected chi connectivity index (χ3v) is 3.79. The fourth-order valence-corrected chi connectivity index (χ4v) is 2.87. The molecule has 0 spiro atoms. The van der Waals surface area contributed by atoms with E-state index in [0.717, 1.165) is 30.5 Å². The van der Waals surface area contributed by atoms with Gasteiger partial charge in [0.2, 0.25) is 5.95 Å². The number of aromatic nitrogens is 2.